The topological polar surface area (TPSA) is 41.1 Å². The normalized spacial score (nSPS) is 10.3. The predicted octanol–water partition coefficient (Wildman–Crippen LogP) is 4.08. The lowest BCUT2D eigenvalue weighted by Gasteiger charge is -2.09. The molecule has 0 bridgehead atoms. The van der Waals surface area contributed by atoms with Gasteiger partial charge in [-0.1, -0.05) is 23.7 Å². The highest BCUT2D eigenvalue weighted by molar-refractivity contribution is 6.30. The van der Waals surface area contributed by atoms with E-state index in [0.717, 1.165) is 17.7 Å². The molecule has 0 unspecified atom stereocenters. The van der Waals surface area contributed by atoms with E-state index in [9.17, 15) is 18.0 Å². The Morgan fingerprint density at radius 3 is 2.33 bits per heavy atom. The fraction of sp³-hybridized carbons (Fsp3) is 0.0714. The van der Waals surface area contributed by atoms with Crippen molar-refractivity contribution >= 4 is 23.3 Å². The molecule has 21 heavy (non-hydrogen) atoms. The van der Waals surface area contributed by atoms with Crippen LogP contribution in [0.4, 0.5) is 23.7 Å². The summed E-state index contributed by atoms with van der Waals surface area (Å²) in [5.74, 6) is -4.40. The minimum Gasteiger partial charge on any atom is -0.334 e. The summed E-state index contributed by atoms with van der Waals surface area (Å²) in [5.41, 5.74) is 0.336. The number of benzene rings is 2. The molecular formula is C14H10ClF3N2O. The Hall–Kier alpha value is -2.21. The third kappa shape index (κ3) is 3.88. The van der Waals surface area contributed by atoms with Crippen molar-refractivity contribution in [2.75, 3.05) is 5.32 Å². The summed E-state index contributed by atoms with van der Waals surface area (Å²) >= 11 is 5.72. The Kier molecular flexibility index (Phi) is 4.70. The summed E-state index contributed by atoms with van der Waals surface area (Å²) < 4.78 is 39.1. The summed E-state index contributed by atoms with van der Waals surface area (Å²) in [6, 6.07) is 7.66. The van der Waals surface area contributed by atoms with Crippen molar-refractivity contribution < 1.29 is 18.0 Å². The highest BCUT2D eigenvalue weighted by Crippen LogP contribution is 2.19. The van der Waals surface area contributed by atoms with Crippen LogP contribution in [0.3, 0.4) is 0 Å². The van der Waals surface area contributed by atoms with E-state index >= 15 is 0 Å². The maximum absolute atomic E-state index is 13.4. The first-order chi connectivity index (χ1) is 9.97. The molecular weight excluding hydrogens is 305 g/mol. The van der Waals surface area contributed by atoms with Crippen LogP contribution in [0.15, 0.2) is 36.4 Å². The molecule has 2 N–H and O–H groups in total. The van der Waals surface area contributed by atoms with E-state index in [1.807, 2.05) is 0 Å². The molecule has 0 aromatic heterocycles. The largest absolute Gasteiger partial charge is 0.334 e. The maximum Gasteiger partial charge on any atom is 0.319 e. The first-order valence-electron chi connectivity index (χ1n) is 5.90. The average molecular weight is 315 g/mol. The van der Waals surface area contributed by atoms with E-state index < -0.39 is 29.2 Å². The standard InChI is InChI=1S/C14H10ClF3N2O/c15-9-3-1-8(2-4-9)7-19-14(21)20-11-6-5-10(16)12(17)13(11)18/h1-6H,7H2,(H2,19,20,21). The van der Waals surface area contributed by atoms with Gasteiger partial charge in [0.1, 0.15) is 0 Å². The second-order valence-electron chi connectivity index (χ2n) is 4.16. The van der Waals surface area contributed by atoms with E-state index in [0.29, 0.717) is 5.02 Å². The summed E-state index contributed by atoms with van der Waals surface area (Å²) in [7, 11) is 0. The van der Waals surface area contributed by atoms with Gasteiger partial charge >= 0.3 is 6.03 Å². The second-order valence-corrected chi connectivity index (χ2v) is 4.59. The van der Waals surface area contributed by atoms with E-state index in [2.05, 4.69) is 10.6 Å². The van der Waals surface area contributed by atoms with Crippen LogP contribution in [0.5, 0.6) is 0 Å². The fourth-order valence-corrected chi connectivity index (χ4v) is 1.70. The van der Waals surface area contributed by atoms with Gasteiger partial charge in [-0.3, -0.25) is 0 Å². The minimum absolute atomic E-state index is 0.175. The number of hydrogen-bond donors (Lipinski definition) is 2. The van der Waals surface area contributed by atoms with Gasteiger partial charge in [0.05, 0.1) is 5.69 Å². The summed E-state index contributed by atoms with van der Waals surface area (Å²) in [6.07, 6.45) is 0. The zero-order valence-corrected chi connectivity index (χ0v) is 11.3. The van der Waals surface area contributed by atoms with Crippen molar-refractivity contribution in [2.24, 2.45) is 0 Å². The van der Waals surface area contributed by atoms with Gasteiger partial charge in [0.25, 0.3) is 0 Å². The first-order valence-corrected chi connectivity index (χ1v) is 6.28. The number of carbonyl (C=O) groups is 1. The number of hydrogen-bond acceptors (Lipinski definition) is 1. The van der Waals surface area contributed by atoms with Gasteiger partial charge in [-0.05, 0) is 29.8 Å². The van der Waals surface area contributed by atoms with Crippen molar-refractivity contribution in [1.29, 1.82) is 0 Å². The lowest BCUT2D eigenvalue weighted by molar-refractivity contribution is 0.251. The Labute approximate surface area is 123 Å². The van der Waals surface area contributed by atoms with Crippen LogP contribution in [0, 0.1) is 17.5 Å². The lowest BCUT2D eigenvalue weighted by atomic mass is 10.2. The van der Waals surface area contributed by atoms with Crippen LogP contribution in [0.25, 0.3) is 0 Å². The maximum atomic E-state index is 13.4. The molecule has 2 aromatic rings. The molecule has 0 aliphatic rings. The van der Waals surface area contributed by atoms with Crippen LogP contribution >= 0.6 is 11.6 Å². The van der Waals surface area contributed by atoms with Crippen LogP contribution in [-0.4, -0.2) is 6.03 Å². The summed E-state index contributed by atoms with van der Waals surface area (Å²) in [6.45, 7) is 0.175. The third-order valence-electron chi connectivity index (χ3n) is 2.65. The highest BCUT2D eigenvalue weighted by Gasteiger charge is 2.14. The zero-order valence-electron chi connectivity index (χ0n) is 10.6. The molecule has 0 aliphatic carbocycles. The monoisotopic (exact) mass is 314 g/mol. The fourth-order valence-electron chi connectivity index (χ4n) is 1.57. The van der Waals surface area contributed by atoms with Crippen molar-refractivity contribution in [3.8, 4) is 0 Å². The Morgan fingerprint density at radius 2 is 1.67 bits per heavy atom. The van der Waals surface area contributed by atoms with Gasteiger partial charge < -0.3 is 10.6 Å². The highest BCUT2D eigenvalue weighted by atomic mass is 35.5. The summed E-state index contributed by atoms with van der Waals surface area (Å²) in [5, 5.41) is 5.12. The van der Waals surface area contributed by atoms with E-state index in [4.69, 9.17) is 11.6 Å². The van der Waals surface area contributed by atoms with Gasteiger partial charge in [0.15, 0.2) is 17.5 Å². The molecule has 0 fully saturated rings. The molecule has 3 nitrogen and oxygen atoms in total. The molecule has 7 heteroatoms. The molecule has 0 radical (unpaired) electrons. The molecule has 110 valence electrons. The molecule has 0 saturated heterocycles. The van der Waals surface area contributed by atoms with E-state index in [-0.39, 0.29) is 6.54 Å². The smallest absolute Gasteiger partial charge is 0.319 e. The Morgan fingerprint density at radius 1 is 1.00 bits per heavy atom. The SMILES string of the molecule is O=C(NCc1ccc(Cl)cc1)Nc1ccc(F)c(F)c1F. The molecule has 0 atom stereocenters. The van der Waals surface area contributed by atoms with Gasteiger partial charge in [-0.2, -0.15) is 0 Å². The van der Waals surface area contributed by atoms with Crippen LogP contribution in [0.2, 0.25) is 5.02 Å². The van der Waals surface area contributed by atoms with E-state index in [1.165, 1.54) is 0 Å². The van der Waals surface area contributed by atoms with Crippen molar-refractivity contribution in [3.05, 3.63) is 64.4 Å². The molecule has 0 saturated carbocycles. The van der Waals surface area contributed by atoms with Gasteiger partial charge in [0, 0.05) is 11.6 Å². The molecule has 2 amide bonds. The predicted molar refractivity (Wildman–Crippen MR) is 73.6 cm³/mol. The van der Waals surface area contributed by atoms with Crippen molar-refractivity contribution in [3.63, 3.8) is 0 Å². The van der Waals surface area contributed by atoms with Gasteiger partial charge in [-0.25, -0.2) is 18.0 Å². The number of rotatable bonds is 3. The van der Waals surface area contributed by atoms with Crippen molar-refractivity contribution in [2.45, 2.75) is 6.54 Å². The van der Waals surface area contributed by atoms with Crippen molar-refractivity contribution in [1.82, 2.24) is 5.32 Å². The molecule has 0 spiro atoms. The van der Waals surface area contributed by atoms with Gasteiger partial charge in [0.2, 0.25) is 0 Å². The van der Waals surface area contributed by atoms with Crippen LogP contribution in [0.1, 0.15) is 5.56 Å². The lowest BCUT2D eigenvalue weighted by Crippen LogP contribution is -2.28. The quantitative estimate of drug-likeness (QED) is 0.824. The zero-order chi connectivity index (χ0) is 15.4. The molecule has 0 heterocycles. The number of amides is 2. The average Bonchev–Trinajstić information content (AvgIpc) is 2.47. The number of anilines is 1. The number of halogens is 4. The number of nitrogens with one attached hydrogen (secondary N) is 2. The minimum atomic E-state index is -1.63. The molecule has 2 aromatic carbocycles. The Balaban J connectivity index is 1.96. The third-order valence-corrected chi connectivity index (χ3v) is 2.90. The number of carbonyl (C=O) groups excluding carboxylic acids is 1. The number of urea groups is 1. The Bertz CT molecular complexity index is 662. The first kappa shape index (κ1) is 15.2. The van der Waals surface area contributed by atoms with Crippen LogP contribution in [-0.2, 0) is 6.54 Å². The summed E-state index contributed by atoms with van der Waals surface area (Å²) in [4.78, 5) is 11.6. The molecule has 0 aliphatic heterocycles. The van der Waals surface area contributed by atoms with Crippen LogP contribution < -0.4 is 10.6 Å². The van der Waals surface area contributed by atoms with E-state index in [1.54, 1.807) is 24.3 Å². The molecule has 2 rings (SSSR count). The van der Waals surface area contributed by atoms with Gasteiger partial charge in [-0.15, -0.1) is 0 Å². The second kappa shape index (κ2) is 6.49.